The first-order valence-corrected chi connectivity index (χ1v) is 18.0. The average molecular weight is 755 g/mol. The van der Waals surface area contributed by atoms with E-state index in [2.05, 4.69) is 20.9 Å². The van der Waals surface area contributed by atoms with E-state index < -0.39 is 55.0 Å². The lowest BCUT2D eigenvalue weighted by atomic mass is 9.99. The van der Waals surface area contributed by atoms with Crippen LogP contribution in [0.15, 0.2) is 30.5 Å². The van der Waals surface area contributed by atoms with Crippen molar-refractivity contribution in [1.29, 1.82) is 0 Å². The van der Waals surface area contributed by atoms with E-state index in [0.717, 1.165) is 11.1 Å². The fourth-order valence-electron chi connectivity index (χ4n) is 5.08. The maximum absolute atomic E-state index is 12.1. The minimum atomic E-state index is -1.48. The SMILES string of the molecule is CC(C)(C)OC(=O)NCCCC[C@H](N)C(=O)NCCOCCOCCOCCn1cc(-c2ccc(CCO[C@@H]3O[C@H](CO)[C@@H](O)[C@H](O)[C@H]3O)cc2)nn1. The van der Waals surface area contributed by atoms with Gasteiger partial charge in [0.1, 0.15) is 35.7 Å². The molecule has 1 aliphatic heterocycles. The van der Waals surface area contributed by atoms with Crippen molar-refractivity contribution >= 4 is 12.0 Å². The first-order chi connectivity index (χ1) is 25.4. The Balaban J connectivity index is 1.15. The van der Waals surface area contributed by atoms with Crippen LogP contribution in [0.25, 0.3) is 11.3 Å². The largest absolute Gasteiger partial charge is 0.444 e. The number of amides is 2. The highest BCUT2D eigenvalue weighted by atomic mass is 16.7. The van der Waals surface area contributed by atoms with E-state index in [4.69, 9.17) is 34.2 Å². The summed E-state index contributed by atoms with van der Waals surface area (Å²) in [5, 5.41) is 53.0. The van der Waals surface area contributed by atoms with Crippen molar-refractivity contribution in [2.75, 3.05) is 65.9 Å². The molecule has 18 nitrogen and oxygen atoms in total. The number of unbranched alkanes of at least 4 members (excludes halogenated alkanes) is 1. The van der Waals surface area contributed by atoms with Crippen LogP contribution < -0.4 is 16.4 Å². The number of alkyl carbamates (subject to hydrolysis) is 1. The Morgan fingerprint density at radius 3 is 2.26 bits per heavy atom. The molecule has 53 heavy (non-hydrogen) atoms. The first-order valence-electron chi connectivity index (χ1n) is 18.0. The van der Waals surface area contributed by atoms with Gasteiger partial charge >= 0.3 is 6.09 Å². The van der Waals surface area contributed by atoms with Crippen LogP contribution in [-0.4, -0.2) is 156 Å². The molecule has 3 rings (SSSR count). The molecule has 1 aromatic heterocycles. The van der Waals surface area contributed by atoms with E-state index in [9.17, 15) is 30.0 Å². The minimum absolute atomic E-state index is 0.191. The Morgan fingerprint density at radius 1 is 0.906 bits per heavy atom. The van der Waals surface area contributed by atoms with Crippen LogP contribution in [-0.2, 0) is 46.2 Å². The van der Waals surface area contributed by atoms with E-state index in [1.165, 1.54) is 0 Å². The van der Waals surface area contributed by atoms with E-state index in [1.807, 2.05) is 30.5 Å². The average Bonchev–Trinajstić information content (AvgIpc) is 3.60. The predicted octanol–water partition coefficient (Wildman–Crippen LogP) is -0.508. The van der Waals surface area contributed by atoms with Gasteiger partial charge in [-0.1, -0.05) is 29.5 Å². The molecule has 2 aromatic rings. The lowest BCUT2D eigenvalue weighted by Crippen LogP contribution is -2.59. The molecular formula is C35H58N6O12. The molecular weight excluding hydrogens is 696 g/mol. The summed E-state index contributed by atoms with van der Waals surface area (Å²) in [6.07, 6.45) is -2.73. The monoisotopic (exact) mass is 754 g/mol. The molecule has 1 aliphatic rings. The van der Waals surface area contributed by atoms with Gasteiger partial charge in [0.25, 0.3) is 0 Å². The van der Waals surface area contributed by atoms with E-state index in [1.54, 1.807) is 25.5 Å². The second-order valence-corrected chi connectivity index (χ2v) is 13.5. The number of nitrogens with one attached hydrogen (secondary N) is 2. The Labute approximate surface area is 310 Å². The molecule has 1 fully saturated rings. The normalized spacial score (nSPS) is 20.9. The van der Waals surface area contributed by atoms with E-state index >= 15 is 0 Å². The van der Waals surface area contributed by atoms with Crippen LogP contribution in [0.2, 0.25) is 0 Å². The van der Waals surface area contributed by atoms with Crippen LogP contribution in [0.4, 0.5) is 4.79 Å². The van der Waals surface area contributed by atoms with Crippen LogP contribution >= 0.6 is 0 Å². The van der Waals surface area contributed by atoms with E-state index in [0.29, 0.717) is 90.7 Å². The highest BCUT2D eigenvalue weighted by Crippen LogP contribution is 2.22. The maximum atomic E-state index is 12.1. The Bertz CT molecular complexity index is 1330. The summed E-state index contributed by atoms with van der Waals surface area (Å²) >= 11 is 0. The van der Waals surface area contributed by atoms with Crippen molar-refractivity contribution in [3.05, 3.63) is 36.0 Å². The van der Waals surface area contributed by atoms with Crippen LogP contribution in [0.3, 0.4) is 0 Å². The highest BCUT2D eigenvalue weighted by molar-refractivity contribution is 5.81. The fourth-order valence-corrected chi connectivity index (χ4v) is 5.08. The molecule has 0 unspecified atom stereocenters. The Kier molecular flexibility index (Phi) is 19.5. The zero-order chi connectivity index (χ0) is 38.6. The molecule has 8 N–H and O–H groups in total. The van der Waals surface area contributed by atoms with Crippen molar-refractivity contribution in [1.82, 2.24) is 25.6 Å². The second-order valence-electron chi connectivity index (χ2n) is 13.5. The molecule has 18 heteroatoms. The van der Waals surface area contributed by atoms with Crippen LogP contribution in [0, 0.1) is 0 Å². The van der Waals surface area contributed by atoms with Crippen molar-refractivity contribution in [2.45, 2.75) is 95.3 Å². The lowest BCUT2D eigenvalue weighted by molar-refractivity contribution is -0.300. The lowest BCUT2D eigenvalue weighted by Gasteiger charge is -2.39. The number of rotatable bonds is 24. The van der Waals surface area contributed by atoms with Crippen LogP contribution in [0.1, 0.15) is 45.6 Å². The molecule has 6 atom stereocenters. The van der Waals surface area contributed by atoms with Gasteiger partial charge in [-0.15, -0.1) is 5.10 Å². The van der Waals surface area contributed by atoms with Gasteiger partial charge in [0.05, 0.1) is 71.6 Å². The molecule has 0 spiro atoms. The topological polar surface area (TPSA) is 251 Å². The number of carbonyl (C=O) groups is 2. The summed E-state index contributed by atoms with van der Waals surface area (Å²) < 4.78 is 34.4. The number of hydrogen-bond donors (Lipinski definition) is 7. The number of aliphatic hydroxyl groups is 4. The van der Waals surface area contributed by atoms with Crippen molar-refractivity contribution in [3.63, 3.8) is 0 Å². The van der Waals surface area contributed by atoms with Crippen molar-refractivity contribution < 1.29 is 58.4 Å². The third-order valence-electron chi connectivity index (χ3n) is 8.01. The van der Waals surface area contributed by atoms with Gasteiger partial charge in [-0.25, -0.2) is 9.48 Å². The molecule has 2 amide bonds. The zero-order valence-corrected chi connectivity index (χ0v) is 30.9. The Hall–Kier alpha value is -3.30. The number of carbonyl (C=O) groups excluding carboxylic acids is 2. The summed E-state index contributed by atoms with van der Waals surface area (Å²) in [6.45, 7) is 8.77. The molecule has 0 aliphatic carbocycles. The predicted molar refractivity (Wildman–Crippen MR) is 190 cm³/mol. The zero-order valence-electron chi connectivity index (χ0n) is 30.9. The quantitative estimate of drug-likeness (QED) is 0.0667. The summed E-state index contributed by atoms with van der Waals surface area (Å²) in [5.41, 5.74) is 7.97. The van der Waals surface area contributed by atoms with Gasteiger partial charge in [-0.05, 0) is 52.0 Å². The van der Waals surface area contributed by atoms with Gasteiger partial charge in [0.15, 0.2) is 6.29 Å². The van der Waals surface area contributed by atoms with Crippen LogP contribution in [0.5, 0.6) is 0 Å². The molecule has 0 radical (unpaired) electrons. The molecule has 0 saturated carbocycles. The van der Waals surface area contributed by atoms with Gasteiger partial charge < -0.3 is 65.2 Å². The number of nitrogens with two attached hydrogens (primary N) is 1. The van der Waals surface area contributed by atoms with E-state index in [-0.39, 0.29) is 12.5 Å². The second kappa shape index (κ2) is 23.5. The molecule has 0 bridgehead atoms. The number of aliphatic hydroxyl groups excluding tert-OH is 4. The summed E-state index contributed by atoms with van der Waals surface area (Å²) in [7, 11) is 0. The minimum Gasteiger partial charge on any atom is -0.444 e. The van der Waals surface area contributed by atoms with Crippen molar-refractivity contribution in [2.24, 2.45) is 5.73 Å². The standard InChI is InChI=1S/C35H58N6O12/c1-35(2,3)53-34(47)38-12-5-4-6-26(36)32(46)37-13-16-48-18-20-50-21-19-49-17-14-41-22-27(39-40-41)25-9-7-24(8-10-25)11-15-51-33-31(45)30(44)29(43)28(23-42)52-33/h7-10,22,26,28-31,33,42-45H,4-6,11-21,23,36H2,1-3H3,(H,37,46)(H,38,47)/t26-,28+,29+,30-,31+,33+/m0/s1. The van der Waals surface area contributed by atoms with Gasteiger partial charge in [0, 0.05) is 18.7 Å². The number of benzene rings is 1. The van der Waals surface area contributed by atoms with Gasteiger partial charge in [-0.2, -0.15) is 0 Å². The summed E-state index contributed by atoms with van der Waals surface area (Å²) in [6, 6.07) is 7.06. The molecule has 1 aromatic carbocycles. The third-order valence-corrected chi connectivity index (χ3v) is 8.01. The fraction of sp³-hybridized carbons (Fsp3) is 0.714. The highest BCUT2D eigenvalue weighted by Gasteiger charge is 2.43. The first kappa shape index (κ1) is 44.1. The number of nitrogens with zero attached hydrogens (tertiary/aromatic N) is 3. The Morgan fingerprint density at radius 2 is 1.58 bits per heavy atom. The van der Waals surface area contributed by atoms with Crippen molar-refractivity contribution in [3.8, 4) is 11.3 Å². The maximum Gasteiger partial charge on any atom is 0.407 e. The third kappa shape index (κ3) is 16.7. The number of aromatic nitrogens is 3. The number of hydrogen-bond acceptors (Lipinski definition) is 15. The number of ether oxygens (including phenoxy) is 6. The summed E-state index contributed by atoms with van der Waals surface area (Å²) in [5.74, 6) is -0.239. The summed E-state index contributed by atoms with van der Waals surface area (Å²) in [4.78, 5) is 23.8. The molecule has 2 heterocycles. The molecule has 300 valence electrons. The molecule has 1 saturated heterocycles. The van der Waals surface area contributed by atoms with Gasteiger partial charge in [0.2, 0.25) is 5.91 Å². The van der Waals surface area contributed by atoms with Gasteiger partial charge in [-0.3, -0.25) is 4.79 Å². The smallest absolute Gasteiger partial charge is 0.407 e.